The van der Waals surface area contributed by atoms with E-state index in [-0.39, 0.29) is 6.10 Å². The van der Waals surface area contributed by atoms with Crippen LogP contribution in [-0.4, -0.2) is 17.8 Å². The average Bonchev–Trinajstić information content (AvgIpc) is 2.13. The summed E-state index contributed by atoms with van der Waals surface area (Å²) in [6.45, 7) is 4.51. The van der Waals surface area contributed by atoms with Gasteiger partial charge < -0.3 is 9.84 Å². The summed E-state index contributed by atoms with van der Waals surface area (Å²) in [7, 11) is 0. The zero-order valence-corrected chi connectivity index (χ0v) is 8.83. The Balaban J connectivity index is 3.14. The molecule has 0 aliphatic rings. The molecule has 0 aromatic carbocycles. The Morgan fingerprint density at radius 3 is 2.69 bits per heavy atom. The molecule has 0 heterocycles. The Morgan fingerprint density at radius 1 is 1.31 bits per heavy atom. The van der Waals surface area contributed by atoms with Gasteiger partial charge in [-0.2, -0.15) is 0 Å². The van der Waals surface area contributed by atoms with Crippen LogP contribution in [0.3, 0.4) is 0 Å². The first-order chi connectivity index (χ1) is 6.31. The van der Waals surface area contributed by atoms with Crippen molar-refractivity contribution in [1.82, 2.24) is 0 Å². The molecule has 0 aliphatic heterocycles. The number of hydrogen-bond donors (Lipinski definition) is 1. The molecule has 0 aromatic rings. The third-order valence-corrected chi connectivity index (χ3v) is 1.91. The second-order valence-electron chi connectivity index (χ2n) is 3.31. The molecular weight excluding hydrogens is 164 g/mol. The highest BCUT2D eigenvalue weighted by molar-refractivity contribution is 4.66. The summed E-state index contributed by atoms with van der Waals surface area (Å²) < 4.78 is 5.07. The van der Waals surface area contributed by atoms with Crippen LogP contribution in [0.4, 0.5) is 0 Å². The summed E-state index contributed by atoms with van der Waals surface area (Å²) in [5, 5.41) is 9.42. The van der Waals surface area contributed by atoms with E-state index in [0.29, 0.717) is 6.61 Å². The van der Waals surface area contributed by atoms with Gasteiger partial charge in [0.05, 0.1) is 12.4 Å². The lowest BCUT2D eigenvalue weighted by molar-refractivity contribution is 0.0758. The summed E-state index contributed by atoms with van der Waals surface area (Å²) in [6.07, 6.45) is 8.84. The SMILES string of the molecule is CC=COCC(O)CCCCCC. The first-order valence-corrected chi connectivity index (χ1v) is 5.22. The number of aliphatic hydroxyl groups excluding tert-OH is 1. The first-order valence-electron chi connectivity index (χ1n) is 5.22. The second kappa shape index (κ2) is 9.59. The van der Waals surface area contributed by atoms with Gasteiger partial charge in [-0.05, 0) is 13.3 Å². The average molecular weight is 186 g/mol. The number of hydrogen-bond acceptors (Lipinski definition) is 2. The number of unbranched alkanes of at least 4 members (excludes halogenated alkanes) is 3. The molecule has 2 heteroatoms. The van der Waals surface area contributed by atoms with E-state index in [1.54, 1.807) is 6.26 Å². The Hall–Kier alpha value is -0.500. The zero-order valence-electron chi connectivity index (χ0n) is 8.83. The lowest BCUT2D eigenvalue weighted by Gasteiger charge is -2.09. The topological polar surface area (TPSA) is 29.5 Å². The van der Waals surface area contributed by atoms with Crippen LogP contribution in [0.25, 0.3) is 0 Å². The van der Waals surface area contributed by atoms with Crippen molar-refractivity contribution in [2.24, 2.45) is 0 Å². The van der Waals surface area contributed by atoms with Crippen LogP contribution in [0.1, 0.15) is 46.0 Å². The van der Waals surface area contributed by atoms with Gasteiger partial charge in [0.25, 0.3) is 0 Å². The predicted molar refractivity (Wildman–Crippen MR) is 55.5 cm³/mol. The molecule has 2 nitrogen and oxygen atoms in total. The van der Waals surface area contributed by atoms with Crippen LogP contribution in [0.15, 0.2) is 12.3 Å². The molecule has 0 rings (SSSR count). The van der Waals surface area contributed by atoms with Gasteiger partial charge in [-0.1, -0.05) is 38.7 Å². The molecule has 78 valence electrons. The molecule has 0 radical (unpaired) electrons. The first kappa shape index (κ1) is 12.5. The molecule has 0 bridgehead atoms. The van der Waals surface area contributed by atoms with Crippen molar-refractivity contribution >= 4 is 0 Å². The summed E-state index contributed by atoms with van der Waals surface area (Å²) in [5.74, 6) is 0. The molecule has 0 fully saturated rings. The van der Waals surface area contributed by atoms with Crippen molar-refractivity contribution in [3.05, 3.63) is 12.3 Å². The number of aliphatic hydroxyl groups is 1. The molecule has 0 saturated heterocycles. The van der Waals surface area contributed by atoms with Crippen LogP contribution in [0, 0.1) is 0 Å². The van der Waals surface area contributed by atoms with E-state index < -0.39 is 0 Å². The lowest BCUT2D eigenvalue weighted by atomic mass is 10.1. The van der Waals surface area contributed by atoms with E-state index in [9.17, 15) is 5.11 Å². The van der Waals surface area contributed by atoms with Gasteiger partial charge in [0.1, 0.15) is 6.61 Å². The Kier molecular flexibility index (Phi) is 9.22. The van der Waals surface area contributed by atoms with Crippen LogP contribution < -0.4 is 0 Å². The van der Waals surface area contributed by atoms with Crippen LogP contribution in [-0.2, 0) is 4.74 Å². The molecule has 0 spiro atoms. The molecular formula is C11H22O2. The van der Waals surface area contributed by atoms with Crippen LogP contribution >= 0.6 is 0 Å². The Morgan fingerprint density at radius 2 is 2.08 bits per heavy atom. The second-order valence-corrected chi connectivity index (χ2v) is 3.31. The van der Waals surface area contributed by atoms with Gasteiger partial charge in [0.2, 0.25) is 0 Å². The van der Waals surface area contributed by atoms with Crippen molar-refractivity contribution in [2.75, 3.05) is 6.61 Å². The van der Waals surface area contributed by atoms with Crippen molar-refractivity contribution in [3.8, 4) is 0 Å². The maximum absolute atomic E-state index is 9.42. The highest BCUT2D eigenvalue weighted by Gasteiger charge is 2.02. The fourth-order valence-corrected chi connectivity index (χ4v) is 1.15. The molecule has 1 atom stereocenters. The molecule has 0 aliphatic carbocycles. The van der Waals surface area contributed by atoms with E-state index in [4.69, 9.17) is 4.74 Å². The van der Waals surface area contributed by atoms with E-state index in [2.05, 4.69) is 6.92 Å². The number of ether oxygens (including phenoxy) is 1. The quantitative estimate of drug-likeness (QED) is 0.466. The smallest absolute Gasteiger partial charge is 0.113 e. The van der Waals surface area contributed by atoms with E-state index in [1.165, 1.54) is 19.3 Å². The highest BCUT2D eigenvalue weighted by atomic mass is 16.5. The predicted octanol–water partition coefficient (Wildman–Crippen LogP) is 2.87. The van der Waals surface area contributed by atoms with Crippen molar-refractivity contribution in [3.63, 3.8) is 0 Å². The summed E-state index contributed by atoms with van der Waals surface area (Å²) >= 11 is 0. The maximum atomic E-state index is 9.42. The number of rotatable bonds is 8. The van der Waals surface area contributed by atoms with Crippen molar-refractivity contribution in [1.29, 1.82) is 0 Å². The highest BCUT2D eigenvalue weighted by Crippen LogP contribution is 2.05. The molecule has 1 unspecified atom stereocenters. The van der Waals surface area contributed by atoms with E-state index in [1.807, 2.05) is 13.0 Å². The molecule has 0 saturated carbocycles. The molecule has 13 heavy (non-hydrogen) atoms. The minimum Gasteiger partial charge on any atom is -0.499 e. The van der Waals surface area contributed by atoms with Crippen molar-refractivity contribution in [2.45, 2.75) is 52.1 Å². The number of allylic oxidation sites excluding steroid dienone is 1. The molecule has 0 amide bonds. The fourth-order valence-electron chi connectivity index (χ4n) is 1.15. The van der Waals surface area contributed by atoms with Gasteiger partial charge in [0, 0.05) is 0 Å². The van der Waals surface area contributed by atoms with Gasteiger partial charge in [-0.15, -0.1) is 0 Å². The minimum absolute atomic E-state index is 0.298. The lowest BCUT2D eigenvalue weighted by Crippen LogP contribution is -2.13. The molecule has 0 aromatic heterocycles. The van der Waals surface area contributed by atoms with Gasteiger partial charge in [-0.3, -0.25) is 0 Å². The van der Waals surface area contributed by atoms with Gasteiger partial charge in [0.15, 0.2) is 0 Å². The van der Waals surface area contributed by atoms with Gasteiger partial charge >= 0.3 is 0 Å². The Bertz CT molecular complexity index is 121. The monoisotopic (exact) mass is 186 g/mol. The normalized spacial score (nSPS) is 13.5. The summed E-state index contributed by atoms with van der Waals surface area (Å²) in [6, 6.07) is 0. The van der Waals surface area contributed by atoms with Crippen LogP contribution in [0.5, 0.6) is 0 Å². The standard InChI is InChI=1S/C11H22O2/c1-3-5-6-7-8-11(12)10-13-9-4-2/h4,9,11-12H,3,5-8,10H2,1-2H3. The zero-order chi connectivity index (χ0) is 9.94. The van der Waals surface area contributed by atoms with Crippen molar-refractivity contribution < 1.29 is 9.84 Å². The third-order valence-electron chi connectivity index (χ3n) is 1.91. The maximum Gasteiger partial charge on any atom is 0.113 e. The van der Waals surface area contributed by atoms with Crippen LogP contribution in [0.2, 0.25) is 0 Å². The van der Waals surface area contributed by atoms with Gasteiger partial charge in [-0.25, -0.2) is 0 Å². The third kappa shape index (κ3) is 9.41. The minimum atomic E-state index is -0.298. The van der Waals surface area contributed by atoms with E-state index >= 15 is 0 Å². The Labute approximate surface area is 81.6 Å². The fraction of sp³-hybridized carbons (Fsp3) is 0.818. The van der Waals surface area contributed by atoms with E-state index in [0.717, 1.165) is 12.8 Å². The summed E-state index contributed by atoms with van der Waals surface area (Å²) in [5.41, 5.74) is 0. The summed E-state index contributed by atoms with van der Waals surface area (Å²) in [4.78, 5) is 0. The largest absolute Gasteiger partial charge is 0.499 e. The molecule has 1 N–H and O–H groups in total.